The molecule has 0 spiro atoms. The molecule has 0 saturated carbocycles. The summed E-state index contributed by atoms with van der Waals surface area (Å²) in [4.78, 5) is 40.2. The van der Waals surface area contributed by atoms with E-state index in [1.165, 1.54) is 18.8 Å². The van der Waals surface area contributed by atoms with Gasteiger partial charge in [0.15, 0.2) is 0 Å². The van der Waals surface area contributed by atoms with Gasteiger partial charge in [0.25, 0.3) is 5.56 Å². The molecule has 2 aromatic rings. The molecule has 152 valence electrons. The molecule has 0 bridgehead atoms. The molecule has 0 fully saturated rings. The van der Waals surface area contributed by atoms with E-state index in [2.05, 4.69) is 10.3 Å². The highest BCUT2D eigenvalue weighted by Crippen LogP contribution is 2.45. The third kappa shape index (κ3) is 2.89. The number of cyclic esters (lactones) is 1. The molecule has 0 radical (unpaired) electrons. The zero-order valence-corrected chi connectivity index (χ0v) is 16.3. The van der Waals surface area contributed by atoms with Crippen LogP contribution in [0.1, 0.15) is 30.4 Å². The minimum atomic E-state index is -0.746. The lowest BCUT2D eigenvalue weighted by molar-refractivity contribution is -0.136. The monoisotopic (exact) mass is 399 g/mol. The number of esters is 1. The van der Waals surface area contributed by atoms with Gasteiger partial charge in [0, 0.05) is 18.2 Å². The van der Waals surface area contributed by atoms with Crippen LogP contribution in [0.2, 0.25) is 0 Å². The van der Waals surface area contributed by atoms with Gasteiger partial charge in [0.05, 0.1) is 37.0 Å². The smallest absolute Gasteiger partial charge is 0.337 e. The second-order valence-electron chi connectivity index (χ2n) is 6.81. The van der Waals surface area contributed by atoms with Crippen molar-refractivity contribution >= 4 is 11.8 Å². The molecule has 0 amide bonds. The first-order chi connectivity index (χ1) is 14.0. The van der Waals surface area contributed by atoms with Crippen molar-refractivity contribution in [3.63, 3.8) is 0 Å². The third-order valence-corrected chi connectivity index (χ3v) is 5.17. The number of hydrogen-bond donors (Lipinski definition) is 2. The molecule has 9 nitrogen and oxygen atoms in total. The van der Waals surface area contributed by atoms with Gasteiger partial charge in [-0.3, -0.25) is 14.3 Å². The van der Waals surface area contributed by atoms with Gasteiger partial charge in [0.2, 0.25) is 0 Å². The SMILES string of the molecule is CCCn1c2c(c(=O)[nH]c1=O)[C@H](c1ccc(OC)cc1OC)C1=C(COC1=O)N2. The fraction of sp³-hybridized carbons (Fsp3) is 0.350. The first-order valence-corrected chi connectivity index (χ1v) is 9.26. The lowest BCUT2D eigenvalue weighted by Crippen LogP contribution is -2.38. The largest absolute Gasteiger partial charge is 0.497 e. The van der Waals surface area contributed by atoms with Gasteiger partial charge in [-0.25, -0.2) is 9.59 Å². The van der Waals surface area contributed by atoms with E-state index in [-0.39, 0.29) is 12.2 Å². The average molecular weight is 399 g/mol. The van der Waals surface area contributed by atoms with Crippen LogP contribution in [-0.4, -0.2) is 36.3 Å². The van der Waals surface area contributed by atoms with Crippen LogP contribution >= 0.6 is 0 Å². The maximum atomic E-state index is 12.9. The molecule has 0 saturated heterocycles. The maximum absolute atomic E-state index is 12.9. The van der Waals surface area contributed by atoms with Crippen molar-refractivity contribution in [1.82, 2.24) is 9.55 Å². The Kier molecular flexibility index (Phi) is 4.65. The number of fused-ring (bicyclic) bond motifs is 1. The van der Waals surface area contributed by atoms with Gasteiger partial charge in [-0.15, -0.1) is 0 Å². The topological polar surface area (TPSA) is 112 Å². The summed E-state index contributed by atoms with van der Waals surface area (Å²) in [5, 5.41) is 3.10. The van der Waals surface area contributed by atoms with Crippen LogP contribution < -0.4 is 26.0 Å². The van der Waals surface area contributed by atoms with E-state index in [9.17, 15) is 14.4 Å². The predicted molar refractivity (Wildman–Crippen MR) is 105 cm³/mol. The molecule has 0 aliphatic carbocycles. The number of carbonyl (C=O) groups excluding carboxylic acids is 1. The zero-order valence-electron chi connectivity index (χ0n) is 16.3. The molecular formula is C20H21N3O6. The van der Waals surface area contributed by atoms with Gasteiger partial charge in [-0.2, -0.15) is 0 Å². The van der Waals surface area contributed by atoms with E-state index in [1.54, 1.807) is 18.2 Å². The number of benzene rings is 1. The molecule has 1 aromatic carbocycles. The Morgan fingerprint density at radius 1 is 1.21 bits per heavy atom. The number of H-pyrrole nitrogens is 1. The quantitative estimate of drug-likeness (QED) is 0.730. The summed E-state index contributed by atoms with van der Waals surface area (Å²) >= 11 is 0. The number of anilines is 1. The predicted octanol–water partition coefficient (Wildman–Crippen LogP) is 1.33. The Labute approximate surface area is 165 Å². The Balaban J connectivity index is 2.04. The first kappa shape index (κ1) is 18.9. The van der Waals surface area contributed by atoms with Crippen LogP contribution in [-0.2, 0) is 16.1 Å². The molecule has 2 N–H and O–H groups in total. The number of carbonyl (C=O) groups is 1. The van der Waals surface area contributed by atoms with E-state index in [1.807, 2.05) is 6.92 Å². The summed E-state index contributed by atoms with van der Waals surface area (Å²) in [6.45, 7) is 2.40. The molecule has 1 atom stereocenters. The van der Waals surface area contributed by atoms with E-state index in [0.717, 1.165) is 0 Å². The maximum Gasteiger partial charge on any atom is 0.337 e. The van der Waals surface area contributed by atoms with Gasteiger partial charge in [-0.05, 0) is 12.5 Å². The number of methoxy groups -OCH3 is 2. The normalized spacial score (nSPS) is 17.3. The van der Waals surface area contributed by atoms with Crippen LogP contribution in [0.5, 0.6) is 11.5 Å². The van der Waals surface area contributed by atoms with E-state index >= 15 is 0 Å². The number of rotatable bonds is 5. The van der Waals surface area contributed by atoms with Crippen LogP contribution in [0.25, 0.3) is 0 Å². The number of aromatic nitrogens is 2. The van der Waals surface area contributed by atoms with Crippen LogP contribution in [0.4, 0.5) is 5.82 Å². The second kappa shape index (κ2) is 7.16. The molecule has 2 aliphatic heterocycles. The molecule has 2 aliphatic rings. The van der Waals surface area contributed by atoms with Crippen molar-refractivity contribution in [2.75, 3.05) is 26.1 Å². The van der Waals surface area contributed by atoms with E-state index in [0.29, 0.717) is 47.1 Å². The molecule has 4 rings (SSSR count). The van der Waals surface area contributed by atoms with Gasteiger partial charge < -0.3 is 19.5 Å². The fourth-order valence-corrected chi connectivity index (χ4v) is 3.89. The minimum Gasteiger partial charge on any atom is -0.497 e. The van der Waals surface area contributed by atoms with Crippen LogP contribution in [0.15, 0.2) is 39.1 Å². The highest BCUT2D eigenvalue weighted by molar-refractivity contribution is 5.97. The molecule has 9 heteroatoms. The lowest BCUT2D eigenvalue weighted by atomic mass is 9.82. The summed E-state index contributed by atoms with van der Waals surface area (Å²) in [7, 11) is 3.04. The number of nitrogens with zero attached hydrogens (tertiary/aromatic N) is 1. The van der Waals surface area contributed by atoms with Gasteiger partial charge in [-0.1, -0.05) is 13.0 Å². The molecular weight excluding hydrogens is 378 g/mol. The highest BCUT2D eigenvalue weighted by atomic mass is 16.5. The van der Waals surface area contributed by atoms with Crippen molar-refractivity contribution in [2.24, 2.45) is 0 Å². The summed E-state index contributed by atoms with van der Waals surface area (Å²) in [5.41, 5.74) is 0.707. The first-order valence-electron chi connectivity index (χ1n) is 9.26. The molecule has 0 unspecified atom stereocenters. The van der Waals surface area contributed by atoms with E-state index in [4.69, 9.17) is 14.2 Å². The second-order valence-corrected chi connectivity index (χ2v) is 6.81. The van der Waals surface area contributed by atoms with Crippen molar-refractivity contribution in [3.8, 4) is 11.5 Å². The Hall–Kier alpha value is -3.49. The number of hydrogen-bond acceptors (Lipinski definition) is 7. The standard InChI is InChI=1S/C20H21N3O6/c1-4-7-23-17-16(18(24)22-20(23)26)14(15-12(21-17)9-29-19(15)25)11-6-5-10(27-2)8-13(11)28-3/h5-6,8,14,21H,4,7,9H2,1-3H3,(H,22,24,26)/t14-/m1/s1. The van der Waals surface area contributed by atoms with Crippen LogP contribution in [0, 0.1) is 0 Å². The Morgan fingerprint density at radius 2 is 2.00 bits per heavy atom. The molecule has 29 heavy (non-hydrogen) atoms. The van der Waals surface area contributed by atoms with Crippen LogP contribution in [0.3, 0.4) is 0 Å². The number of aromatic amines is 1. The minimum absolute atomic E-state index is 0.0513. The number of ether oxygens (including phenoxy) is 3. The summed E-state index contributed by atoms with van der Waals surface area (Å²) in [6, 6.07) is 5.17. The third-order valence-electron chi connectivity index (χ3n) is 5.17. The number of nitrogens with one attached hydrogen (secondary N) is 2. The lowest BCUT2D eigenvalue weighted by Gasteiger charge is -2.29. The summed E-state index contributed by atoms with van der Waals surface area (Å²) < 4.78 is 17.5. The van der Waals surface area contributed by atoms with Crippen molar-refractivity contribution < 1.29 is 19.0 Å². The van der Waals surface area contributed by atoms with Crippen molar-refractivity contribution in [2.45, 2.75) is 25.8 Å². The highest BCUT2D eigenvalue weighted by Gasteiger charge is 2.42. The summed E-state index contributed by atoms with van der Waals surface area (Å²) in [5.74, 6) is 0.160. The average Bonchev–Trinajstić information content (AvgIpc) is 3.09. The van der Waals surface area contributed by atoms with Gasteiger partial charge >= 0.3 is 11.7 Å². The van der Waals surface area contributed by atoms with E-state index < -0.39 is 23.1 Å². The Bertz CT molecular complexity index is 1140. The summed E-state index contributed by atoms with van der Waals surface area (Å²) in [6.07, 6.45) is 0.692. The zero-order chi connectivity index (χ0) is 20.7. The van der Waals surface area contributed by atoms with Crippen molar-refractivity contribution in [3.05, 3.63) is 61.4 Å². The van der Waals surface area contributed by atoms with Crippen molar-refractivity contribution in [1.29, 1.82) is 0 Å². The van der Waals surface area contributed by atoms with Gasteiger partial charge in [0.1, 0.15) is 23.9 Å². The Morgan fingerprint density at radius 3 is 2.69 bits per heavy atom. The molecule has 1 aromatic heterocycles. The fourth-order valence-electron chi connectivity index (χ4n) is 3.89. The molecule has 3 heterocycles.